The van der Waals surface area contributed by atoms with E-state index >= 15 is 0 Å². The molecule has 0 heterocycles. The standard InChI is InChI=1S/C63H104NO13P/c1-4-7-9-11-13-15-17-19-21-23-25-27-29-31-33-35-37-39-41-43-45-62(66)74-58-60(77-63(67)46-44-42-40-38-36-34-32-30-28-26-24-22-20-18-16-14-12-10-8-5-2)59-76-78(68,69)75-51-48-64-61(65)47-50-71-53-55-73-57-56-72-54-52-70-49-6-3/h3,60H,4-5,7-22,31-59H2,1-2H3,(H,64,65)(H,68,69)/p-1/t60-/m1/s1. The summed E-state index contributed by atoms with van der Waals surface area (Å²) in [4.78, 5) is 39.7. The summed E-state index contributed by atoms with van der Waals surface area (Å²) in [6, 6.07) is 0. The molecule has 444 valence electrons. The molecular weight excluding hydrogens is 1010 g/mol. The SMILES string of the molecule is C#CCOCCOCCOCCOCCC([O-])=NCCOP(=O)(O)OC[C@@H](COC(=O)CCCCCCCCC#CC#CCCCCCCCCCC)OC(=O)CCCCCCCCC#CC#CCCCCCCCCCC. The van der Waals surface area contributed by atoms with Crippen LogP contribution in [0.1, 0.15) is 239 Å². The summed E-state index contributed by atoms with van der Waals surface area (Å²) in [5.74, 6) is 25.5. The molecule has 0 saturated heterocycles. The van der Waals surface area contributed by atoms with E-state index in [-0.39, 0.29) is 58.8 Å². The summed E-state index contributed by atoms with van der Waals surface area (Å²) in [5.41, 5.74) is 0. The highest BCUT2D eigenvalue weighted by Crippen LogP contribution is 2.43. The second kappa shape index (κ2) is 60.8. The number of nitrogens with zero attached hydrogens (tertiary/aromatic N) is 1. The zero-order valence-corrected chi connectivity index (χ0v) is 49.5. The fourth-order valence-corrected chi connectivity index (χ4v) is 8.43. The van der Waals surface area contributed by atoms with Crippen LogP contribution < -0.4 is 5.11 Å². The number of esters is 2. The lowest BCUT2D eigenvalue weighted by Crippen LogP contribution is -2.29. The molecule has 0 aliphatic rings. The minimum atomic E-state index is -4.65. The van der Waals surface area contributed by atoms with E-state index in [0.717, 1.165) is 103 Å². The van der Waals surface area contributed by atoms with Crippen molar-refractivity contribution in [3.8, 4) is 59.7 Å². The third-order valence-electron chi connectivity index (χ3n) is 12.2. The molecule has 0 saturated carbocycles. The van der Waals surface area contributed by atoms with Crippen molar-refractivity contribution in [3.05, 3.63) is 0 Å². The first-order chi connectivity index (χ1) is 38.2. The van der Waals surface area contributed by atoms with E-state index in [0.29, 0.717) is 45.9 Å². The quantitative estimate of drug-likeness (QED) is 0.0152. The number of phosphoric ester groups is 1. The van der Waals surface area contributed by atoms with E-state index in [1.54, 1.807) is 0 Å². The van der Waals surface area contributed by atoms with Crippen LogP contribution in [0.4, 0.5) is 0 Å². The number of carbonyl (C=O) groups is 2. The second-order valence-corrected chi connectivity index (χ2v) is 20.9. The van der Waals surface area contributed by atoms with Crippen LogP contribution in [0.5, 0.6) is 0 Å². The van der Waals surface area contributed by atoms with Crippen LogP contribution in [0.2, 0.25) is 0 Å². The van der Waals surface area contributed by atoms with Crippen LogP contribution in [-0.4, -0.2) is 108 Å². The maximum Gasteiger partial charge on any atom is 0.472 e. The maximum atomic E-state index is 12.9. The Bertz CT molecular complexity index is 1800. The lowest BCUT2D eigenvalue weighted by molar-refractivity contribution is -0.220. The molecule has 0 bridgehead atoms. The summed E-state index contributed by atoms with van der Waals surface area (Å²) in [5, 5.41) is 12.2. The minimum Gasteiger partial charge on any atom is -0.862 e. The molecule has 0 fully saturated rings. The van der Waals surface area contributed by atoms with Gasteiger partial charge in [0.05, 0.1) is 66.0 Å². The van der Waals surface area contributed by atoms with E-state index in [9.17, 15) is 24.2 Å². The number of ether oxygens (including phenoxy) is 6. The zero-order valence-electron chi connectivity index (χ0n) is 48.6. The van der Waals surface area contributed by atoms with Gasteiger partial charge in [0, 0.05) is 38.5 Å². The molecule has 0 aliphatic heterocycles. The van der Waals surface area contributed by atoms with Gasteiger partial charge in [0.1, 0.15) is 13.2 Å². The van der Waals surface area contributed by atoms with Gasteiger partial charge in [-0.1, -0.05) is 185 Å². The largest absolute Gasteiger partial charge is 0.862 e. The van der Waals surface area contributed by atoms with E-state index in [4.69, 9.17) is 43.9 Å². The molecule has 15 heteroatoms. The van der Waals surface area contributed by atoms with Crippen LogP contribution >= 0.6 is 7.82 Å². The topological polar surface area (TPSA) is 181 Å². The summed E-state index contributed by atoms with van der Waals surface area (Å²) < 4.78 is 55.1. The molecule has 0 aliphatic carbocycles. The Morgan fingerprint density at radius 1 is 0.487 bits per heavy atom. The Balaban J connectivity index is 4.64. The molecule has 14 nitrogen and oxygen atoms in total. The lowest BCUT2D eigenvalue weighted by atomic mass is 10.1. The number of aliphatic imine (C=N–C) groups is 1. The third kappa shape index (κ3) is 59.8. The summed E-state index contributed by atoms with van der Waals surface area (Å²) in [7, 11) is -4.65. The van der Waals surface area contributed by atoms with Crippen molar-refractivity contribution in [2.45, 2.75) is 245 Å². The zero-order chi connectivity index (χ0) is 56.8. The van der Waals surface area contributed by atoms with Gasteiger partial charge in [-0.2, -0.15) is 0 Å². The molecule has 0 aromatic carbocycles. The molecule has 0 spiro atoms. The van der Waals surface area contributed by atoms with Gasteiger partial charge >= 0.3 is 19.8 Å². The molecule has 0 aromatic heterocycles. The molecule has 0 aromatic rings. The minimum absolute atomic E-state index is 0.0115. The molecule has 0 rings (SSSR count). The van der Waals surface area contributed by atoms with E-state index in [1.165, 1.54) is 89.9 Å². The third-order valence-corrected chi connectivity index (χ3v) is 13.2. The van der Waals surface area contributed by atoms with Gasteiger partial charge in [-0.25, -0.2) is 4.57 Å². The number of carbonyl (C=O) groups excluding carboxylic acids is 2. The molecule has 1 N–H and O–H groups in total. The van der Waals surface area contributed by atoms with Crippen molar-refractivity contribution in [2.24, 2.45) is 4.99 Å². The van der Waals surface area contributed by atoms with Gasteiger partial charge in [-0.3, -0.25) is 18.6 Å². The fourth-order valence-electron chi connectivity index (χ4n) is 7.69. The lowest BCUT2D eigenvalue weighted by Gasteiger charge is -2.20. The van der Waals surface area contributed by atoms with Gasteiger partial charge in [0.2, 0.25) is 0 Å². The normalized spacial score (nSPS) is 12.1. The average Bonchev–Trinajstić information content (AvgIpc) is 3.43. The molecule has 1 unspecified atom stereocenters. The van der Waals surface area contributed by atoms with Crippen molar-refractivity contribution < 1.29 is 61.6 Å². The molecule has 0 amide bonds. The average molecular weight is 1110 g/mol. The van der Waals surface area contributed by atoms with Crippen molar-refractivity contribution in [2.75, 3.05) is 79.2 Å². The fraction of sp³-hybridized carbons (Fsp3) is 0.794. The highest BCUT2D eigenvalue weighted by atomic mass is 31.2. The van der Waals surface area contributed by atoms with Crippen LogP contribution in [0, 0.1) is 59.7 Å². The summed E-state index contributed by atoms with van der Waals surface area (Å²) in [6.07, 6.45) is 39.6. The van der Waals surface area contributed by atoms with E-state index in [1.807, 2.05) is 0 Å². The smallest absolute Gasteiger partial charge is 0.472 e. The van der Waals surface area contributed by atoms with Gasteiger partial charge in [-0.15, -0.1) is 6.42 Å². The van der Waals surface area contributed by atoms with Gasteiger partial charge in [0.25, 0.3) is 0 Å². The number of unbranched alkanes of at least 4 members (excludes halogenated alkanes) is 28. The number of rotatable bonds is 55. The maximum absolute atomic E-state index is 12.9. The van der Waals surface area contributed by atoms with Crippen molar-refractivity contribution in [1.29, 1.82) is 0 Å². The van der Waals surface area contributed by atoms with Gasteiger partial charge in [-0.05, 0) is 74.5 Å². The highest BCUT2D eigenvalue weighted by molar-refractivity contribution is 7.47. The Labute approximate surface area is 474 Å². The summed E-state index contributed by atoms with van der Waals surface area (Å²) in [6.45, 7) is 5.62. The Kier molecular flexibility index (Phi) is 57.8. The predicted molar refractivity (Wildman–Crippen MR) is 311 cm³/mol. The molecule has 2 atom stereocenters. The summed E-state index contributed by atoms with van der Waals surface area (Å²) >= 11 is 0. The number of terminal acetylenes is 1. The first-order valence-corrected chi connectivity index (χ1v) is 31.6. The molecule has 0 radical (unpaired) electrons. The van der Waals surface area contributed by atoms with Crippen LogP contribution in [0.25, 0.3) is 0 Å². The van der Waals surface area contributed by atoms with Crippen molar-refractivity contribution >= 4 is 25.7 Å². The van der Waals surface area contributed by atoms with Crippen LogP contribution in [0.15, 0.2) is 4.99 Å². The first kappa shape index (κ1) is 74.2. The molecular formula is C63H103NO13P-. The van der Waals surface area contributed by atoms with E-state index in [2.05, 4.69) is 72.1 Å². The Hall–Kier alpha value is -3.84. The second-order valence-electron chi connectivity index (χ2n) is 19.4. The Morgan fingerprint density at radius 2 is 0.872 bits per heavy atom. The highest BCUT2D eigenvalue weighted by Gasteiger charge is 2.26. The van der Waals surface area contributed by atoms with E-state index < -0.39 is 38.4 Å². The van der Waals surface area contributed by atoms with Crippen molar-refractivity contribution in [1.82, 2.24) is 0 Å². The monoisotopic (exact) mass is 1110 g/mol. The number of hydrogen-bond acceptors (Lipinski definition) is 13. The van der Waals surface area contributed by atoms with Gasteiger partial charge < -0.3 is 43.4 Å². The predicted octanol–water partition coefficient (Wildman–Crippen LogP) is 12.7. The van der Waals surface area contributed by atoms with Crippen LogP contribution in [0.3, 0.4) is 0 Å². The van der Waals surface area contributed by atoms with Gasteiger partial charge in [0.15, 0.2) is 6.10 Å². The Morgan fingerprint density at radius 3 is 1.31 bits per heavy atom. The molecule has 78 heavy (non-hydrogen) atoms. The number of phosphoric acid groups is 1. The first-order valence-electron chi connectivity index (χ1n) is 30.1. The van der Waals surface area contributed by atoms with Crippen molar-refractivity contribution in [3.63, 3.8) is 0 Å². The number of hydrogen-bond donors (Lipinski definition) is 1. The van der Waals surface area contributed by atoms with Crippen LogP contribution in [-0.2, 0) is 51.6 Å².